The first-order chi connectivity index (χ1) is 11.1. The van der Waals surface area contributed by atoms with Gasteiger partial charge in [-0.3, -0.25) is 4.79 Å². The van der Waals surface area contributed by atoms with Crippen LogP contribution in [0.2, 0.25) is 0 Å². The highest BCUT2D eigenvalue weighted by Crippen LogP contribution is 2.32. The Kier molecular flexibility index (Phi) is 5.42. The Bertz CT molecular complexity index is 587. The molecular weight excluding hydrogens is 321 g/mol. The summed E-state index contributed by atoms with van der Waals surface area (Å²) in [5.74, 6) is -0.750. The zero-order valence-corrected chi connectivity index (χ0v) is 13.8. The Balaban J connectivity index is 2.05. The molecule has 0 saturated heterocycles. The summed E-state index contributed by atoms with van der Waals surface area (Å²) >= 11 is 0. The highest BCUT2D eigenvalue weighted by Gasteiger charge is 2.38. The summed E-state index contributed by atoms with van der Waals surface area (Å²) in [6.07, 6.45) is -1.27. The van der Waals surface area contributed by atoms with E-state index >= 15 is 0 Å². The third-order valence-corrected chi connectivity index (χ3v) is 4.52. The minimum atomic E-state index is -4.74. The smallest absolute Gasteiger partial charge is 0.406 e. The largest absolute Gasteiger partial charge is 0.573 e. The molecule has 3 unspecified atom stereocenters. The molecule has 1 fully saturated rings. The van der Waals surface area contributed by atoms with Gasteiger partial charge in [-0.25, -0.2) is 0 Å². The lowest BCUT2D eigenvalue weighted by Gasteiger charge is -2.37. The van der Waals surface area contributed by atoms with Gasteiger partial charge in [-0.05, 0) is 44.4 Å². The summed E-state index contributed by atoms with van der Waals surface area (Å²) in [5.41, 5.74) is 6.21. The van der Waals surface area contributed by atoms with Crippen LogP contribution in [0.4, 0.5) is 13.2 Å². The predicted octanol–water partition coefficient (Wildman–Crippen LogP) is 3.67. The maximum absolute atomic E-state index is 12.5. The second kappa shape index (κ2) is 7.01. The second-order valence-corrected chi connectivity index (χ2v) is 6.65. The van der Waals surface area contributed by atoms with Crippen LogP contribution in [0.1, 0.15) is 51.1 Å². The minimum Gasteiger partial charge on any atom is -0.406 e. The van der Waals surface area contributed by atoms with Gasteiger partial charge < -0.3 is 15.8 Å². The van der Waals surface area contributed by atoms with E-state index in [4.69, 9.17) is 5.73 Å². The van der Waals surface area contributed by atoms with Gasteiger partial charge in [-0.15, -0.1) is 13.2 Å². The van der Waals surface area contributed by atoms with Gasteiger partial charge in [-0.2, -0.15) is 0 Å². The Labute approximate surface area is 139 Å². The molecule has 0 radical (unpaired) electrons. The van der Waals surface area contributed by atoms with E-state index in [9.17, 15) is 18.0 Å². The van der Waals surface area contributed by atoms with Crippen LogP contribution in [0.15, 0.2) is 24.3 Å². The number of nitrogens with two attached hydrogens (primary N) is 1. The van der Waals surface area contributed by atoms with Crippen molar-refractivity contribution in [2.24, 2.45) is 11.7 Å². The molecular formula is C17H23F3N2O2. The van der Waals surface area contributed by atoms with Gasteiger partial charge in [0.2, 0.25) is 5.91 Å². The van der Waals surface area contributed by atoms with Gasteiger partial charge >= 0.3 is 6.36 Å². The molecule has 1 aromatic carbocycles. The number of hydrogen-bond donors (Lipinski definition) is 2. The standard InChI is InChI=1S/C17H23F3N2O2/c1-11(12-6-5-7-13(10-12)24-17(18,19)20)22-15(23)14-8-3-4-9-16(14,2)21/h5-7,10-11,14H,3-4,8-9,21H2,1-2H3,(H,22,23). The molecule has 1 aliphatic carbocycles. The summed E-state index contributed by atoms with van der Waals surface area (Å²) in [6.45, 7) is 3.60. The highest BCUT2D eigenvalue weighted by atomic mass is 19.4. The number of carbonyl (C=O) groups is 1. The van der Waals surface area contributed by atoms with Crippen LogP contribution in [-0.4, -0.2) is 17.8 Å². The van der Waals surface area contributed by atoms with Crippen LogP contribution in [0, 0.1) is 5.92 Å². The van der Waals surface area contributed by atoms with Crippen molar-refractivity contribution in [2.45, 2.75) is 57.5 Å². The van der Waals surface area contributed by atoms with E-state index in [-0.39, 0.29) is 17.6 Å². The van der Waals surface area contributed by atoms with E-state index in [1.165, 1.54) is 18.2 Å². The molecule has 3 N–H and O–H groups in total. The van der Waals surface area contributed by atoms with E-state index < -0.39 is 17.9 Å². The molecule has 4 nitrogen and oxygen atoms in total. The van der Waals surface area contributed by atoms with Crippen LogP contribution in [0.25, 0.3) is 0 Å². The van der Waals surface area contributed by atoms with Crippen molar-refractivity contribution >= 4 is 5.91 Å². The van der Waals surface area contributed by atoms with Crippen molar-refractivity contribution in [2.75, 3.05) is 0 Å². The number of halogens is 3. The number of nitrogens with one attached hydrogen (secondary N) is 1. The van der Waals surface area contributed by atoms with Crippen molar-refractivity contribution in [1.82, 2.24) is 5.32 Å². The first-order valence-electron chi connectivity index (χ1n) is 8.03. The highest BCUT2D eigenvalue weighted by molar-refractivity contribution is 5.80. The van der Waals surface area contributed by atoms with Crippen molar-refractivity contribution in [1.29, 1.82) is 0 Å². The summed E-state index contributed by atoms with van der Waals surface area (Å²) < 4.78 is 40.8. The van der Waals surface area contributed by atoms with E-state index in [1.807, 2.05) is 6.92 Å². The molecule has 1 aromatic rings. The Morgan fingerprint density at radius 3 is 2.75 bits per heavy atom. The number of rotatable bonds is 4. The first kappa shape index (κ1) is 18.6. The number of benzene rings is 1. The van der Waals surface area contributed by atoms with Crippen molar-refractivity contribution in [3.05, 3.63) is 29.8 Å². The van der Waals surface area contributed by atoms with Crippen molar-refractivity contribution < 1.29 is 22.7 Å². The average Bonchev–Trinajstić information content (AvgIpc) is 2.45. The van der Waals surface area contributed by atoms with Crippen LogP contribution >= 0.6 is 0 Å². The van der Waals surface area contributed by atoms with Gasteiger partial charge in [0.15, 0.2) is 0 Å². The molecule has 1 aliphatic rings. The average molecular weight is 344 g/mol. The lowest BCUT2D eigenvalue weighted by Crippen LogP contribution is -2.53. The molecule has 0 aromatic heterocycles. The third-order valence-electron chi connectivity index (χ3n) is 4.52. The molecule has 3 atom stereocenters. The molecule has 24 heavy (non-hydrogen) atoms. The Hall–Kier alpha value is -1.76. The van der Waals surface area contributed by atoms with E-state index in [0.29, 0.717) is 5.56 Å². The van der Waals surface area contributed by atoms with Gasteiger partial charge in [0.25, 0.3) is 0 Å². The van der Waals surface area contributed by atoms with E-state index in [0.717, 1.165) is 25.7 Å². The zero-order valence-electron chi connectivity index (χ0n) is 13.8. The minimum absolute atomic E-state index is 0.158. The number of hydrogen-bond acceptors (Lipinski definition) is 3. The molecule has 1 saturated carbocycles. The van der Waals surface area contributed by atoms with Gasteiger partial charge in [0, 0.05) is 5.54 Å². The summed E-state index contributed by atoms with van der Waals surface area (Å²) in [4.78, 5) is 12.5. The summed E-state index contributed by atoms with van der Waals surface area (Å²) in [7, 11) is 0. The number of alkyl halides is 3. The van der Waals surface area contributed by atoms with Crippen molar-refractivity contribution in [3.63, 3.8) is 0 Å². The predicted molar refractivity (Wildman–Crippen MR) is 84.2 cm³/mol. The van der Waals surface area contributed by atoms with Gasteiger partial charge in [0.05, 0.1) is 12.0 Å². The van der Waals surface area contributed by atoms with Gasteiger partial charge in [0.1, 0.15) is 5.75 Å². The lowest BCUT2D eigenvalue weighted by molar-refractivity contribution is -0.274. The number of ether oxygens (including phenoxy) is 1. The normalized spacial score (nSPS) is 25.8. The lowest BCUT2D eigenvalue weighted by atomic mass is 9.74. The third kappa shape index (κ3) is 4.87. The molecule has 0 heterocycles. The molecule has 0 spiro atoms. The number of amides is 1. The Morgan fingerprint density at radius 2 is 2.12 bits per heavy atom. The van der Waals surface area contributed by atoms with E-state index in [1.54, 1.807) is 13.0 Å². The summed E-state index contributed by atoms with van der Waals surface area (Å²) in [5, 5.41) is 2.86. The monoisotopic (exact) mass is 344 g/mol. The maximum Gasteiger partial charge on any atom is 0.573 e. The van der Waals surface area contributed by atoms with Crippen LogP contribution < -0.4 is 15.8 Å². The summed E-state index contributed by atoms with van der Waals surface area (Å²) in [6, 6.07) is 5.18. The quantitative estimate of drug-likeness (QED) is 0.876. The molecule has 7 heteroatoms. The fourth-order valence-corrected chi connectivity index (χ4v) is 3.17. The van der Waals surface area contributed by atoms with Crippen LogP contribution in [-0.2, 0) is 4.79 Å². The molecule has 134 valence electrons. The Morgan fingerprint density at radius 1 is 1.42 bits per heavy atom. The topological polar surface area (TPSA) is 64.4 Å². The molecule has 0 aliphatic heterocycles. The van der Waals surface area contributed by atoms with Crippen molar-refractivity contribution in [3.8, 4) is 5.75 Å². The second-order valence-electron chi connectivity index (χ2n) is 6.65. The maximum atomic E-state index is 12.5. The van der Waals surface area contributed by atoms with Crippen LogP contribution in [0.3, 0.4) is 0 Å². The fourth-order valence-electron chi connectivity index (χ4n) is 3.17. The SMILES string of the molecule is CC(NC(=O)C1CCCCC1(C)N)c1cccc(OC(F)(F)F)c1. The van der Waals surface area contributed by atoms with Crippen LogP contribution in [0.5, 0.6) is 5.75 Å². The number of carbonyl (C=O) groups excluding carboxylic acids is 1. The molecule has 0 bridgehead atoms. The fraction of sp³-hybridized carbons (Fsp3) is 0.588. The van der Waals surface area contributed by atoms with E-state index in [2.05, 4.69) is 10.1 Å². The zero-order chi connectivity index (χ0) is 18.0. The molecule has 1 amide bonds. The first-order valence-corrected chi connectivity index (χ1v) is 8.03. The molecule has 2 rings (SSSR count). The van der Waals surface area contributed by atoms with Gasteiger partial charge in [-0.1, -0.05) is 25.0 Å².